The van der Waals surface area contributed by atoms with Gasteiger partial charge in [-0.3, -0.25) is 0 Å². The van der Waals surface area contributed by atoms with E-state index in [1.807, 2.05) is 36.7 Å². The summed E-state index contributed by atoms with van der Waals surface area (Å²) in [6.45, 7) is 1.43. The Labute approximate surface area is 138 Å². The Hall–Kier alpha value is -2.05. The van der Waals surface area contributed by atoms with Crippen LogP contribution in [0.3, 0.4) is 0 Å². The summed E-state index contributed by atoms with van der Waals surface area (Å²) in [7, 11) is 1.98. The van der Waals surface area contributed by atoms with E-state index in [1.165, 1.54) is 6.07 Å². The van der Waals surface area contributed by atoms with Crippen molar-refractivity contribution >= 4 is 11.3 Å². The van der Waals surface area contributed by atoms with Crippen LogP contribution in [0.25, 0.3) is 10.7 Å². The molecule has 0 spiro atoms. The van der Waals surface area contributed by atoms with E-state index in [2.05, 4.69) is 15.0 Å². The molecule has 0 saturated carbocycles. The second-order valence-electron chi connectivity index (χ2n) is 5.42. The van der Waals surface area contributed by atoms with Gasteiger partial charge < -0.3 is 9.42 Å². The van der Waals surface area contributed by atoms with E-state index in [-0.39, 0.29) is 5.82 Å². The molecule has 0 radical (unpaired) electrons. The van der Waals surface area contributed by atoms with Gasteiger partial charge in [-0.05, 0) is 37.5 Å². The average molecular weight is 331 g/mol. The molecule has 0 atom stereocenters. The molecule has 4 nitrogen and oxygen atoms in total. The predicted molar refractivity (Wildman–Crippen MR) is 88.7 cm³/mol. The molecule has 1 aromatic carbocycles. The number of aromatic nitrogens is 2. The molecule has 23 heavy (non-hydrogen) atoms. The van der Waals surface area contributed by atoms with Crippen LogP contribution in [0.5, 0.6) is 0 Å². The first-order valence-corrected chi connectivity index (χ1v) is 8.39. The van der Waals surface area contributed by atoms with Crippen LogP contribution in [0, 0.1) is 5.82 Å². The standard InChI is InChI=1S/C17H18FN3OS/c1-21(12-13-6-2-3-7-14(13)18)10-4-9-16-19-17(20-22-16)15-8-5-11-23-15/h2-3,5-8,11H,4,9-10,12H2,1H3. The maximum Gasteiger partial charge on any atom is 0.227 e. The van der Waals surface area contributed by atoms with Crippen molar-refractivity contribution in [2.24, 2.45) is 0 Å². The van der Waals surface area contributed by atoms with Gasteiger partial charge in [0.2, 0.25) is 11.7 Å². The molecule has 0 bridgehead atoms. The number of benzene rings is 1. The molecule has 120 valence electrons. The molecule has 0 amide bonds. The second-order valence-corrected chi connectivity index (χ2v) is 6.37. The molecule has 0 aliphatic heterocycles. The van der Waals surface area contributed by atoms with E-state index in [0.717, 1.165) is 24.3 Å². The van der Waals surface area contributed by atoms with Gasteiger partial charge in [-0.1, -0.05) is 29.4 Å². The summed E-state index contributed by atoms with van der Waals surface area (Å²) in [4.78, 5) is 7.50. The van der Waals surface area contributed by atoms with Crippen LogP contribution in [0.2, 0.25) is 0 Å². The molecular weight excluding hydrogens is 313 g/mol. The highest BCUT2D eigenvalue weighted by atomic mass is 32.1. The number of hydrogen-bond donors (Lipinski definition) is 0. The lowest BCUT2D eigenvalue weighted by molar-refractivity contribution is 0.306. The average Bonchev–Trinajstić information content (AvgIpc) is 3.20. The first kappa shape index (κ1) is 15.8. The molecule has 2 aromatic heterocycles. The molecule has 6 heteroatoms. The Morgan fingerprint density at radius 3 is 2.87 bits per heavy atom. The van der Waals surface area contributed by atoms with Gasteiger partial charge in [0.15, 0.2) is 0 Å². The predicted octanol–water partition coefficient (Wildman–Crippen LogP) is 4.00. The number of nitrogens with zero attached hydrogens (tertiary/aromatic N) is 3. The van der Waals surface area contributed by atoms with Gasteiger partial charge >= 0.3 is 0 Å². The topological polar surface area (TPSA) is 42.2 Å². The molecule has 0 unspecified atom stereocenters. The number of aryl methyl sites for hydroxylation is 1. The third kappa shape index (κ3) is 4.24. The minimum absolute atomic E-state index is 0.156. The molecule has 3 rings (SSSR count). The van der Waals surface area contributed by atoms with E-state index < -0.39 is 0 Å². The monoisotopic (exact) mass is 331 g/mol. The lowest BCUT2D eigenvalue weighted by Crippen LogP contribution is -2.20. The Morgan fingerprint density at radius 1 is 1.22 bits per heavy atom. The first-order chi connectivity index (χ1) is 11.2. The molecular formula is C17H18FN3OS. The maximum atomic E-state index is 13.6. The van der Waals surface area contributed by atoms with Crippen molar-refractivity contribution in [3.05, 3.63) is 59.0 Å². The Balaban J connectivity index is 1.47. The van der Waals surface area contributed by atoms with E-state index >= 15 is 0 Å². The number of halogens is 1. The quantitative estimate of drug-likeness (QED) is 0.656. The molecule has 0 aliphatic rings. The van der Waals surface area contributed by atoms with Crippen molar-refractivity contribution in [1.82, 2.24) is 15.0 Å². The van der Waals surface area contributed by atoms with Gasteiger partial charge in [0.05, 0.1) is 4.88 Å². The van der Waals surface area contributed by atoms with Crippen LogP contribution < -0.4 is 0 Å². The maximum absolute atomic E-state index is 13.6. The van der Waals surface area contributed by atoms with Gasteiger partial charge in [-0.25, -0.2) is 4.39 Å². The summed E-state index contributed by atoms with van der Waals surface area (Å²) < 4.78 is 18.9. The van der Waals surface area contributed by atoms with E-state index in [0.29, 0.717) is 23.8 Å². The summed E-state index contributed by atoms with van der Waals surface area (Å²) in [5.41, 5.74) is 0.716. The van der Waals surface area contributed by atoms with Gasteiger partial charge in [0, 0.05) is 18.5 Å². The zero-order chi connectivity index (χ0) is 16.1. The second kappa shape index (κ2) is 7.48. The number of rotatable bonds is 7. The smallest absolute Gasteiger partial charge is 0.227 e. The highest BCUT2D eigenvalue weighted by Gasteiger charge is 2.10. The third-order valence-electron chi connectivity index (χ3n) is 3.54. The summed E-state index contributed by atoms with van der Waals surface area (Å²) in [6.07, 6.45) is 1.61. The van der Waals surface area contributed by atoms with Crippen molar-refractivity contribution in [2.75, 3.05) is 13.6 Å². The van der Waals surface area contributed by atoms with Gasteiger partial charge in [-0.15, -0.1) is 11.3 Å². The summed E-state index contributed by atoms with van der Waals surface area (Å²) in [5, 5.41) is 5.99. The molecule has 0 fully saturated rings. The van der Waals surface area contributed by atoms with Crippen molar-refractivity contribution < 1.29 is 8.91 Å². The summed E-state index contributed by atoms with van der Waals surface area (Å²) in [5.74, 6) is 1.14. The Bertz CT molecular complexity index is 742. The largest absolute Gasteiger partial charge is 0.339 e. The SMILES string of the molecule is CN(CCCc1nc(-c2cccs2)no1)Cc1ccccc1F. The summed E-state index contributed by atoms with van der Waals surface area (Å²) in [6, 6.07) is 10.8. The lowest BCUT2D eigenvalue weighted by atomic mass is 10.2. The third-order valence-corrected chi connectivity index (χ3v) is 4.40. The fourth-order valence-electron chi connectivity index (χ4n) is 2.36. The Kier molecular flexibility index (Phi) is 5.15. The Morgan fingerprint density at radius 2 is 2.09 bits per heavy atom. The highest BCUT2D eigenvalue weighted by Crippen LogP contribution is 2.21. The lowest BCUT2D eigenvalue weighted by Gasteiger charge is -2.16. The minimum atomic E-state index is -0.156. The van der Waals surface area contributed by atoms with Crippen molar-refractivity contribution in [2.45, 2.75) is 19.4 Å². The number of hydrogen-bond acceptors (Lipinski definition) is 5. The van der Waals surface area contributed by atoms with Gasteiger partial charge in [-0.2, -0.15) is 4.98 Å². The molecule has 0 N–H and O–H groups in total. The fraction of sp³-hybridized carbons (Fsp3) is 0.294. The van der Waals surface area contributed by atoms with Gasteiger partial charge in [0.25, 0.3) is 0 Å². The molecule has 3 aromatic rings. The highest BCUT2D eigenvalue weighted by molar-refractivity contribution is 7.13. The molecule has 0 aliphatic carbocycles. The van der Waals surface area contributed by atoms with Crippen LogP contribution in [-0.2, 0) is 13.0 Å². The van der Waals surface area contributed by atoms with Gasteiger partial charge in [0.1, 0.15) is 5.82 Å². The van der Waals surface area contributed by atoms with Crippen LogP contribution in [0.4, 0.5) is 4.39 Å². The van der Waals surface area contributed by atoms with E-state index in [9.17, 15) is 4.39 Å². The minimum Gasteiger partial charge on any atom is -0.339 e. The first-order valence-electron chi connectivity index (χ1n) is 7.51. The van der Waals surface area contributed by atoms with E-state index in [1.54, 1.807) is 17.4 Å². The van der Waals surface area contributed by atoms with Crippen molar-refractivity contribution in [1.29, 1.82) is 0 Å². The van der Waals surface area contributed by atoms with Crippen LogP contribution in [-0.4, -0.2) is 28.6 Å². The van der Waals surface area contributed by atoms with Crippen LogP contribution >= 0.6 is 11.3 Å². The molecule has 2 heterocycles. The normalized spacial score (nSPS) is 11.3. The zero-order valence-electron chi connectivity index (χ0n) is 12.9. The van der Waals surface area contributed by atoms with Crippen LogP contribution in [0.1, 0.15) is 17.9 Å². The molecule has 0 saturated heterocycles. The summed E-state index contributed by atoms with van der Waals surface area (Å²) >= 11 is 1.59. The van der Waals surface area contributed by atoms with Crippen LogP contribution in [0.15, 0.2) is 46.3 Å². The van der Waals surface area contributed by atoms with E-state index in [4.69, 9.17) is 4.52 Å². The van der Waals surface area contributed by atoms with Crippen molar-refractivity contribution in [3.8, 4) is 10.7 Å². The fourth-order valence-corrected chi connectivity index (χ4v) is 3.01. The number of thiophene rings is 1. The zero-order valence-corrected chi connectivity index (χ0v) is 13.7. The van der Waals surface area contributed by atoms with Crippen molar-refractivity contribution in [3.63, 3.8) is 0 Å².